The van der Waals surface area contributed by atoms with Crippen molar-refractivity contribution in [3.05, 3.63) is 0 Å². The van der Waals surface area contributed by atoms with E-state index in [4.69, 9.17) is 16.6 Å². The Morgan fingerprint density at radius 2 is 1.88 bits per heavy atom. The van der Waals surface area contributed by atoms with Crippen LogP contribution in [0.2, 0.25) is 0 Å². The molecule has 0 saturated carbocycles. The van der Waals surface area contributed by atoms with Crippen LogP contribution in [-0.2, 0) is 4.79 Å². The molecule has 0 aromatic heterocycles. The summed E-state index contributed by atoms with van der Waals surface area (Å²) in [5.41, 5.74) is 11.1. The molecule has 17 heavy (non-hydrogen) atoms. The average molecular weight is 248 g/mol. The lowest BCUT2D eigenvalue weighted by atomic mass is 9.88. The van der Waals surface area contributed by atoms with Crippen molar-refractivity contribution in [2.24, 2.45) is 17.4 Å². The zero-order valence-corrected chi connectivity index (χ0v) is 11.0. The molecule has 6 N–H and O–H groups in total. The molecule has 0 aromatic carbocycles. The van der Waals surface area contributed by atoms with E-state index in [1.165, 1.54) is 0 Å². The lowest BCUT2D eigenvalue weighted by Gasteiger charge is -2.38. The zero-order valence-electron chi connectivity index (χ0n) is 11.0. The maximum Gasteiger partial charge on any atom is 0.320 e. The van der Waals surface area contributed by atoms with Crippen LogP contribution in [0, 0.1) is 5.92 Å². The Labute approximate surface area is 103 Å². The Bertz CT molecular complexity index is 241. The predicted octanol–water partition coefficient (Wildman–Crippen LogP) is -1.18. The smallest absolute Gasteiger partial charge is 0.320 e. The van der Waals surface area contributed by atoms with Crippen molar-refractivity contribution in [3.63, 3.8) is 0 Å². The fourth-order valence-electron chi connectivity index (χ4n) is 2.13. The van der Waals surface area contributed by atoms with E-state index in [1.54, 1.807) is 0 Å². The topological polar surface area (TPSA) is 110 Å². The molecule has 0 aliphatic rings. The van der Waals surface area contributed by atoms with Crippen LogP contribution < -0.4 is 11.5 Å². The van der Waals surface area contributed by atoms with Gasteiger partial charge in [-0.05, 0) is 19.4 Å². The minimum absolute atomic E-state index is 0.000502. The number of aliphatic carboxylic acids is 1. The van der Waals surface area contributed by atoms with Crippen LogP contribution in [0.25, 0.3) is 0 Å². The molecular weight excluding hydrogens is 222 g/mol. The summed E-state index contributed by atoms with van der Waals surface area (Å²) in [6.45, 7) is 0.466. The second kappa shape index (κ2) is 6.90. The number of hydrogen-bond donors (Lipinski definition) is 4. The molecule has 0 spiro atoms. The number of aliphatic hydroxyl groups is 1. The maximum atomic E-state index is 10.8. The van der Waals surface area contributed by atoms with Crippen molar-refractivity contribution in [1.29, 1.82) is 0 Å². The van der Waals surface area contributed by atoms with Gasteiger partial charge in [0.15, 0.2) is 0 Å². The van der Waals surface area contributed by atoms with Crippen molar-refractivity contribution in [1.82, 2.24) is 0 Å². The Hall–Kier alpha value is -0.690. The first kappa shape index (κ1) is 16.3. The SMILES string of the molecule is C[N+](C)(C)C(CO)C(CCN)C[C@H](N)C(=O)O. The first-order valence-corrected chi connectivity index (χ1v) is 5.84. The van der Waals surface area contributed by atoms with Crippen LogP contribution in [-0.4, -0.2) is 67.0 Å². The second-order valence-corrected chi connectivity index (χ2v) is 5.38. The molecule has 102 valence electrons. The van der Waals surface area contributed by atoms with Gasteiger partial charge < -0.3 is 26.2 Å². The van der Waals surface area contributed by atoms with Gasteiger partial charge in [-0.2, -0.15) is 0 Å². The fourth-order valence-corrected chi connectivity index (χ4v) is 2.13. The quantitative estimate of drug-likeness (QED) is 0.404. The van der Waals surface area contributed by atoms with Gasteiger partial charge in [-0.15, -0.1) is 0 Å². The maximum absolute atomic E-state index is 10.8. The van der Waals surface area contributed by atoms with Gasteiger partial charge in [0.25, 0.3) is 0 Å². The van der Waals surface area contributed by atoms with Gasteiger partial charge in [0, 0.05) is 5.92 Å². The van der Waals surface area contributed by atoms with Gasteiger partial charge >= 0.3 is 5.97 Å². The van der Waals surface area contributed by atoms with Crippen LogP contribution in [0.3, 0.4) is 0 Å². The van der Waals surface area contributed by atoms with E-state index in [9.17, 15) is 9.90 Å². The molecule has 0 bridgehead atoms. The molecule has 3 atom stereocenters. The van der Waals surface area contributed by atoms with Crippen molar-refractivity contribution in [3.8, 4) is 0 Å². The van der Waals surface area contributed by atoms with Crippen LogP contribution >= 0.6 is 0 Å². The highest BCUT2D eigenvalue weighted by Gasteiger charge is 2.33. The van der Waals surface area contributed by atoms with E-state index >= 15 is 0 Å². The molecule has 0 aliphatic carbocycles. The third-order valence-corrected chi connectivity index (χ3v) is 3.14. The summed E-state index contributed by atoms with van der Waals surface area (Å²) < 4.78 is 0.563. The van der Waals surface area contributed by atoms with Crippen LogP contribution in [0.15, 0.2) is 0 Å². The Morgan fingerprint density at radius 1 is 1.35 bits per heavy atom. The molecule has 0 radical (unpaired) electrons. The molecule has 0 aromatic rings. The molecule has 0 heterocycles. The lowest BCUT2D eigenvalue weighted by Crippen LogP contribution is -2.53. The molecule has 6 heteroatoms. The van der Waals surface area contributed by atoms with E-state index in [-0.39, 0.29) is 18.6 Å². The molecule has 2 unspecified atom stereocenters. The van der Waals surface area contributed by atoms with Crippen LogP contribution in [0.5, 0.6) is 0 Å². The number of hydrogen-bond acceptors (Lipinski definition) is 4. The first-order chi connectivity index (χ1) is 7.73. The summed E-state index contributed by atoms with van der Waals surface area (Å²) in [5, 5.41) is 18.3. The van der Waals surface area contributed by atoms with E-state index in [1.807, 2.05) is 21.1 Å². The highest BCUT2D eigenvalue weighted by molar-refractivity contribution is 5.73. The molecule has 6 nitrogen and oxygen atoms in total. The summed E-state index contributed by atoms with van der Waals surface area (Å²) in [6, 6.07) is -0.948. The van der Waals surface area contributed by atoms with Gasteiger partial charge in [0.05, 0.1) is 27.7 Å². The number of carboxylic acid groups (broad SMARTS) is 1. The fraction of sp³-hybridized carbons (Fsp3) is 0.909. The largest absolute Gasteiger partial charge is 0.480 e. The van der Waals surface area contributed by atoms with Crippen LogP contribution in [0.4, 0.5) is 0 Å². The van der Waals surface area contributed by atoms with Gasteiger partial charge in [-0.3, -0.25) is 4.79 Å². The monoisotopic (exact) mass is 248 g/mol. The van der Waals surface area contributed by atoms with E-state index < -0.39 is 12.0 Å². The number of carboxylic acids is 1. The van der Waals surface area contributed by atoms with Gasteiger partial charge in [0.2, 0.25) is 0 Å². The highest BCUT2D eigenvalue weighted by atomic mass is 16.4. The minimum atomic E-state index is -1.01. The molecule has 0 amide bonds. The van der Waals surface area contributed by atoms with Crippen molar-refractivity contribution < 1.29 is 19.5 Å². The second-order valence-electron chi connectivity index (χ2n) is 5.38. The van der Waals surface area contributed by atoms with Crippen molar-refractivity contribution in [2.75, 3.05) is 34.3 Å². The average Bonchev–Trinajstić information content (AvgIpc) is 2.16. The molecule has 0 rings (SSSR count). The number of nitrogens with zero attached hydrogens (tertiary/aromatic N) is 1. The minimum Gasteiger partial charge on any atom is -0.480 e. The lowest BCUT2D eigenvalue weighted by molar-refractivity contribution is -0.900. The van der Waals surface area contributed by atoms with Gasteiger partial charge in [-0.25, -0.2) is 0 Å². The van der Waals surface area contributed by atoms with Crippen molar-refractivity contribution in [2.45, 2.75) is 24.9 Å². The highest BCUT2D eigenvalue weighted by Crippen LogP contribution is 2.21. The normalized spacial score (nSPS) is 17.5. The standard InChI is InChI=1S/C11H25N3O3/c1-14(2,3)10(7-15)8(4-5-12)6-9(13)11(16)17/h8-10,15H,4-7,12-13H2,1-3H3/p+1/t8?,9-,10?/m0/s1. The number of likely N-dealkylation sites (N-methyl/N-ethyl adjacent to an activating group) is 1. The summed E-state index contributed by atoms with van der Waals surface area (Å²) in [6.07, 6.45) is 1.01. The number of rotatable bonds is 8. The zero-order chi connectivity index (χ0) is 13.6. The van der Waals surface area contributed by atoms with Crippen LogP contribution in [0.1, 0.15) is 12.8 Å². The third-order valence-electron chi connectivity index (χ3n) is 3.14. The number of nitrogens with two attached hydrogens (primary N) is 2. The van der Waals surface area contributed by atoms with Crippen molar-refractivity contribution >= 4 is 5.97 Å². The number of aliphatic hydroxyl groups excluding tert-OH is 1. The molecule has 0 saturated heterocycles. The Kier molecular flexibility index (Phi) is 6.62. The molecule has 0 aliphatic heterocycles. The number of carbonyl (C=O) groups is 1. The van der Waals surface area contributed by atoms with E-state index in [0.29, 0.717) is 23.9 Å². The molecular formula is C11H26N3O3+. The van der Waals surface area contributed by atoms with E-state index in [2.05, 4.69) is 0 Å². The molecule has 0 fully saturated rings. The first-order valence-electron chi connectivity index (χ1n) is 5.84. The Balaban J connectivity index is 4.75. The summed E-state index contributed by atoms with van der Waals surface area (Å²) >= 11 is 0. The summed E-state index contributed by atoms with van der Waals surface area (Å²) in [7, 11) is 5.91. The Morgan fingerprint density at radius 3 is 2.18 bits per heavy atom. The van der Waals surface area contributed by atoms with Gasteiger partial charge in [-0.1, -0.05) is 0 Å². The number of quaternary nitrogens is 1. The summed E-state index contributed by atoms with van der Waals surface area (Å²) in [4.78, 5) is 10.8. The van der Waals surface area contributed by atoms with Gasteiger partial charge in [0.1, 0.15) is 12.1 Å². The van der Waals surface area contributed by atoms with E-state index in [0.717, 1.165) is 0 Å². The third kappa shape index (κ3) is 5.45. The predicted molar refractivity (Wildman–Crippen MR) is 66.3 cm³/mol. The summed E-state index contributed by atoms with van der Waals surface area (Å²) in [5.74, 6) is -0.999.